The van der Waals surface area contributed by atoms with Gasteiger partial charge in [0.25, 0.3) is 11.2 Å². The van der Waals surface area contributed by atoms with Gasteiger partial charge in [-0.2, -0.15) is 5.26 Å². The predicted octanol–water partition coefficient (Wildman–Crippen LogP) is 2.13. The van der Waals surface area contributed by atoms with Crippen LogP contribution in [0.3, 0.4) is 0 Å². The lowest BCUT2D eigenvalue weighted by Gasteiger charge is -2.10. The number of pyridine rings is 1. The molecule has 0 saturated carbocycles. The van der Waals surface area contributed by atoms with E-state index in [9.17, 15) is 25.0 Å². The second-order valence-corrected chi connectivity index (χ2v) is 6.81. The summed E-state index contributed by atoms with van der Waals surface area (Å²) in [6, 6.07) is 4.33. The number of hydrogen-bond acceptors (Lipinski definition) is 6. The van der Waals surface area contributed by atoms with Crippen LogP contribution in [0.5, 0.6) is 0 Å². The minimum absolute atomic E-state index is 0.113. The van der Waals surface area contributed by atoms with Gasteiger partial charge in [-0.25, -0.2) is 0 Å². The molecule has 2 heterocycles. The molecule has 0 aromatic carbocycles. The summed E-state index contributed by atoms with van der Waals surface area (Å²) >= 11 is 1.38. The zero-order valence-corrected chi connectivity index (χ0v) is 14.2. The standard InChI is InChI=1S/C16H14N4O4S/c1-9-12(20(23)24)5-6-15(22)19(9)8-14(21)18-16-11(7-17)10-3-2-4-13(10)25-16/h5-6H,2-4,8H2,1H3,(H,18,21). The monoisotopic (exact) mass is 358 g/mol. The van der Waals surface area contributed by atoms with Crippen molar-refractivity contribution in [2.24, 2.45) is 0 Å². The lowest BCUT2D eigenvalue weighted by Crippen LogP contribution is -2.29. The molecule has 0 unspecified atom stereocenters. The molecule has 0 fully saturated rings. The predicted molar refractivity (Wildman–Crippen MR) is 91.8 cm³/mol. The van der Waals surface area contributed by atoms with Gasteiger partial charge < -0.3 is 5.32 Å². The van der Waals surface area contributed by atoms with Gasteiger partial charge in [0.2, 0.25) is 5.91 Å². The Bertz CT molecular complexity index is 983. The smallest absolute Gasteiger partial charge is 0.288 e. The average molecular weight is 358 g/mol. The number of nitrogens with zero attached hydrogens (tertiary/aromatic N) is 3. The van der Waals surface area contributed by atoms with Gasteiger partial charge in [0.05, 0.1) is 16.2 Å². The van der Waals surface area contributed by atoms with Gasteiger partial charge in [-0.3, -0.25) is 24.3 Å². The lowest BCUT2D eigenvalue weighted by molar-refractivity contribution is -0.386. The highest BCUT2D eigenvalue weighted by molar-refractivity contribution is 7.16. The lowest BCUT2D eigenvalue weighted by atomic mass is 10.1. The number of carbonyl (C=O) groups excluding carboxylic acids is 1. The number of thiophene rings is 1. The molecule has 1 amide bonds. The molecule has 1 aliphatic carbocycles. The maximum Gasteiger partial charge on any atom is 0.288 e. The summed E-state index contributed by atoms with van der Waals surface area (Å²) in [7, 11) is 0. The fourth-order valence-corrected chi connectivity index (χ4v) is 4.23. The highest BCUT2D eigenvalue weighted by Gasteiger charge is 2.23. The van der Waals surface area contributed by atoms with Crippen molar-refractivity contribution in [1.29, 1.82) is 5.26 Å². The molecule has 9 heteroatoms. The third kappa shape index (κ3) is 3.04. The molecule has 3 rings (SSSR count). The van der Waals surface area contributed by atoms with Gasteiger partial charge in [-0.05, 0) is 31.7 Å². The van der Waals surface area contributed by atoms with Crippen LogP contribution in [-0.2, 0) is 24.2 Å². The molecule has 0 atom stereocenters. The zero-order chi connectivity index (χ0) is 18.1. The van der Waals surface area contributed by atoms with E-state index >= 15 is 0 Å². The number of aryl methyl sites for hydroxylation is 1. The number of nitriles is 1. The van der Waals surface area contributed by atoms with E-state index in [0.717, 1.165) is 46.4 Å². The molecule has 0 radical (unpaired) electrons. The van der Waals surface area contributed by atoms with E-state index in [-0.39, 0.29) is 17.9 Å². The van der Waals surface area contributed by atoms with Crippen LogP contribution in [0.4, 0.5) is 10.7 Å². The van der Waals surface area contributed by atoms with Crippen molar-refractivity contribution >= 4 is 27.9 Å². The molecule has 0 bridgehead atoms. The van der Waals surface area contributed by atoms with Gasteiger partial charge >= 0.3 is 0 Å². The van der Waals surface area contributed by atoms with Crippen molar-refractivity contribution < 1.29 is 9.72 Å². The van der Waals surface area contributed by atoms with Gasteiger partial charge in [-0.15, -0.1) is 11.3 Å². The van der Waals surface area contributed by atoms with Crippen LogP contribution >= 0.6 is 11.3 Å². The van der Waals surface area contributed by atoms with Crippen molar-refractivity contribution in [3.8, 4) is 6.07 Å². The first-order chi connectivity index (χ1) is 11.9. The van der Waals surface area contributed by atoms with Crippen LogP contribution in [0.1, 0.15) is 28.1 Å². The number of nitrogens with one attached hydrogen (secondary N) is 1. The average Bonchev–Trinajstić information content (AvgIpc) is 3.11. The highest BCUT2D eigenvalue weighted by Crippen LogP contribution is 2.38. The maximum atomic E-state index is 12.3. The van der Waals surface area contributed by atoms with E-state index in [4.69, 9.17) is 0 Å². The first-order valence-corrected chi connectivity index (χ1v) is 8.43. The van der Waals surface area contributed by atoms with E-state index in [2.05, 4.69) is 11.4 Å². The molecule has 0 saturated heterocycles. The summed E-state index contributed by atoms with van der Waals surface area (Å²) in [5.41, 5.74) is 0.870. The van der Waals surface area contributed by atoms with Crippen LogP contribution in [0, 0.1) is 28.4 Å². The molecule has 25 heavy (non-hydrogen) atoms. The van der Waals surface area contributed by atoms with Crippen molar-refractivity contribution in [3.63, 3.8) is 0 Å². The Balaban J connectivity index is 1.85. The molecule has 0 aliphatic heterocycles. The van der Waals surface area contributed by atoms with Crippen molar-refractivity contribution in [2.75, 3.05) is 5.32 Å². The topological polar surface area (TPSA) is 118 Å². The summed E-state index contributed by atoms with van der Waals surface area (Å²) in [5.74, 6) is -0.498. The number of aromatic nitrogens is 1. The Labute approximate surface area is 146 Å². The van der Waals surface area contributed by atoms with Crippen LogP contribution in [0.2, 0.25) is 0 Å². The van der Waals surface area contributed by atoms with E-state index in [1.807, 2.05) is 0 Å². The summed E-state index contributed by atoms with van der Waals surface area (Å²) in [5, 5.41) is 23.5. The first-order valence-electron chi connectivity index (χ1n) is 7.61. The molecule has 2 aromatic rings. The molecule has 128 valence electrons. The highest BCUT2D eigenvalue weighted by atomic mass is 32.1. The third-order valence-corrected chi connectivity index (χ3v) is 5.42. The molecule has 2 aromatic heterocycles. The number of amides is 1. The minimum Gasteiger partial charge on any atom is -0.315 e. The first kappa shape index (κ1) is 16.9. The molecule has 1 aliphatic rings. The maximum absolute atomic E-state index is 12.3. The van der Waals surface area contributed by atoms with Gasteiger partial charge in [0.15, 0.2) is 0 Å². The second kappa shape index (κ2) is 6.49. The van der Waals surface area contributed by atoms with Crippen molar-refractivity contribution in [2.45, 2.75) is 32.7 Å². The van der Waals surface area contributed by atoms with Gasteiger partial charge in [-0.1, -0.05) is 0 Å². The Hall–Kier alpha value is -2.99. The summed E-state index contributed by atoms with van der Waals surface area (Å²) in [6.07, 6.45) is 2.73. The Morgan fingerprint density at radius 2 is 2.24 bits per heavy atom. The summed E-state index contributed by atoms with van der Waals surface area (Å²) < 4.78 is 1.06. The van der Waals surface area contributed by atoms with E-state index in [1.54, 1.807) is 0 Å². The molecule has 8 nitrogen and oxygen atoms in total. The molecular formula is C16H14N4O4S. The SMILES string of the molecule is Cc1c([N+](=O)[O-])ccc(=O)n1CC(=O)Nc1sc2c(c1C#N)CCC2. The summed E-state index contributed by atoms with van der Waals surface area (Å²) in [4.78, 5) is 35.8. The Morgan fingerprint density at radius 3 is 2.92 bits per heavy atom. The Kier molecular flexibility index (Phi) is 4.37. The van der Waals surface area contributed by atoms with Gasteiger partial charge in [0.1, 0.15) is 17.6 Å². The fraction of sp³-hybridized carbons (Fsp3) is 0.312. The molecule has 0 spiro atoms. The zero-order valence-electron chi connectivity index (χ0n) is 13.4. The number of anilines is 1. The van der Waals surface area contributed by atoms with Crippen LogP contribution < -0.4 is 10.9 Å². The largest absolute Gasteiger partial charge is 0.315 e. The number of hydrogen-bond donors (Lipinski definition) is 1. The van der Waals surface area contributed by atoms with Crippen molar-refractivity contribution in [1.82, 2.24) is 4.57 Å². The quantitative estimate of drug-likeness (QED) is 0.663. The molecule has 1 N–H and O–H groups in total. The fourth-order valence-electron chi connectivity index (χ4n) is 2.97. The van der Waals surface area contributed by atoms with Crippen LogP contribution in [0.15, 0.2) is 16.9 Å². The number of rotatable bonds is 4. The van der Waals surface area contributed by atoms with Gasteiger partial charge in [0, 0.05) is 17.0 Å². The summed E-state index contributed by atoms with van der Waals surface area (Å²) in [6.45, 7) is 1.08. The minimum atomic E-state index is -0.596. The van der Waals surface area contributed by atoms with Crippen LogP contribution in [0.25, 0.3) is 0 Å². The van der Waals surface area contributed by atoms with Crippen molar-refractivity contribution in [3.05, 3.63) is 54.3 Å². The number of carbonyl (C=O) groups is 1. The third-order valence-electron chi connectivity index (χ3n) is 4.21. The van der Waals surface area contributed by atoms with E-state index in [0.29, 0.717) is 10.6 Å². The van der Waals surface area contributed by atoms with E-state index < -0.39 is 16.4 Å². The normalized spacial score (nSPS) is 12.5. The Morgan fingerprint density at radius 1 is 1.48 bits per heavy atom. The molecular weight excluding hydrogens is 344 g/mol. The van der Waals surface area contributed by atoms with Crippen LogP contribution in [-0.4, -0.2) is 15.4 Å². The number of fused-ring (bicyclic) bond motifs is 1. The second-order valence-electron chi connectivity index (χ2n) is 5.71. The number of nitro groups is 1. The van der Waals surface area contributed by atoms with E-state index in [1.165, 1.54) is 18.3 Å².